The molecule has 11 heteroatoms. The third-order valence-corrected chi connectivity index (χ3v) is 7.56. The van der Waals surface area contributed by atoms with Crippen molar-refractivity contribution >= 4 is 47.0 Å². The molecule has 0 aliphatic carbocycles. The Labute approximate surface area is 180 Å². The lowest BCUT2D eigenvalue weighted by molar-refractivity contribution is -0.163. The smallest absolute Gasteiger partial charge is 0.353 e. The normalized spacial score (nSPS) is 27.3. The minimum Gasteiger partial charge on any atom is -0.477 e. The molecular weight excluding hydrogens is 430 g/mol. The minimum absolute atomic E-state index is 0.0424. The van der Waals surface area contributed by atoms with Gasteiger partial charge in [0.05, 0.1) is 34.6 Å². The lowest BCUT2D eigenvalue weighted by Crippen LogP contribution is -2.63. The number of nitrogens with zero attached hydrogens (tertiary/aromatic N) is 3. The van der Waals surface area contributed by atoms with Crippen LogP contribution in [0.5, 0.6) is 0 Å². The number of hydrogen-bond acceptors (Lipinski definition) is 8. The quantitative estimate of drug-likeness (QED) is 0.542. The number of aliphatic carboxylic acids is 1. The van der Waals surface area contributed by atoms with Crippen LogP contribution in [-0.4, -0.2) is 79.2 Å². The molecule has 30 heavy (non-hydrogen) atoms. The number of aliphatic hydroxyl groups excluding tert-OH is 2. The fraction of sp³-hybridized carbons (Fsp3) is 0.474. The van der Waals surface area contributed by atoms with Crippen LogP contribution in [0.4, 0.5) is 0 Å². The van der Waals surface area contributed by atoms with Crippen LogP contribution in [0.25, 0.3) is 6.08 Å². The number of amides is 2. The number of aliphatic hydroxyl groups is 2. The van der Waals surface area contributed by atoms with Crippen molar-refractivity contribution in [2.75, 3.05) is 13.1 Å². The number of hydrogen-bond donors (Lipinski definition) is 3. The second-order valence-electron chi connectivity index (χ2n) is 7.62. The van der Waals surface area contributed by atoms with E-state index in [0.29, 0.717) is 15.5 Å². The van der Waals surface area contributed by atoms with Crippen LogP contribution in [0.2, 0.25) is 0 Å². The van der Waals surface area contributed by atoms with Gasteiger partial charge in [-0.05, 0) is 18.4 Å². The Hall–Kier alpha value is -2.21. The summed E-state index contributed by atoms with van der Waals surface area (Å²) < 4.78 is 0. The van der Waals surface area contributed by atoms with Gasteiger partial charge in [-0.1, -0.05) is 18.7 Å². The summed E-state index contributed by atoms with van der Waals surface area (Å²) in [6.07, 6.45) is 0.363. The van der Waals surface area contributed by atoms with E-state index in [2.05, 4.69) is 4.98 Å². The van der Waals surface area contributed by atoms with Crippen LogP contribution in [0, 0.1) is 11.8 Å². The van der Waals surface area contributed by atoms with Crippen molar-refractivity contribution in [2.45, 2.75) is 32.1 Å². The first kappa shape index (κ1) is 21.0. The van der Waals surface area contributed by atoms with Gasteiger partial charge in [-0.25, -0.2) is 9.78 Å². The Bertz CT molecular complexity index is 965. The van der Waals surface area contributed by atoms with Gasteiger partial charge in [0.25, 0.3) is 5.91 Å². The number of fused-ring (bicyclic) bond motifs is 1. The summed E-state index contributed by atoms with van der Waals surface area (Å²) in [6.45, 7) is 3.96. The topological polar surface area (TPSA) is 131 Å². The maximum absolute atomic E-state index is 12.5. The van der Waals surface area contributed by atoms with Gasteiger partial charge in [0, 0.05) is 23.9 Å². The molecule has 3 aliphatic heterocycles. The summed E-state index contributed by atoms with van der Waals surface area (Å²) in [6, 6.07) is -0.363. The monoisotopic (exact) mass is 451 g/mol. The van der Waals surface area contributed by atoms with Gasteiger partial charge in [0.2, 0.25) is 5.91 Å². The number of thioether (sulfide) groups is 1. The summed E-state index contributed by atoms with van der Waals surface area (Å²) in [4.78, 5) is 44.7. The minimum atomic E-state index is -1.18. The van der Waals surface area contributed by atoms with Gasteiger partial charge in [-0.3, -0.25) is 9.59 Å². The van der Waals surface area contributed by atoms with Crippen LogP contribution >= 0.6 is 23.1 Å². The zero-order valence-electron chi connectivity index (χ0n) is 16.3. The number of carboxylic acid groups (broad SMARTS) is 1. The first-order valence-electron chi connectivity index (χ1n) is 9.45. The summed E-state index contributed by atoms with van der Waals surface area (Å²) in [5.74, 6) is -2.63. The van der Waals surface area contributed by atoms with Crippen LogP contribution < -0.4 is 0 Å². The van der Waals surface area contributed by atoms with E-state index in [1.807, 2.05) is 6.92 Å². The molecule has 0 spiro atoms. The molecule has 3 aliphatic rings. The molecule has 0 radical (unpaired) electrons. The molecule has 2 amide bonds. The van der Waals surface area contributed by atoms with Gasteiger partial charge in [-0.15, -0.1) is 11.3 Å². The fourth-order valence-electron chi connectivity index (χ4n) is 4.15. The summed E-state index contributed by atoms with van der Waals surface area (Å²) in [5.41, 5.74) is 1.81. The lowest BCUT2D eigenvalue weighted by Gasteiger charge is -2.46. The first-order chi connectivity index (χ1) is 14.2. The number of carboxylic acids is 1. The SMILES string of the molecule is C[C@@H](O)[C@H]1C(=O)N2C(C(=O)O)=C(S/C=C\c3scnc3C(=O)N3CC(O)C3)[C@H](C)[C@H]12. The van der Waals surface area contributed by atoms with E-state index in [1.165, 1.54) is 39.8 Å². The van der Waals surface area contributed by atoms with Crippen molar-refractivity contribution in [3.63, 3.8) is 0 Å². The summed E-state index contributed by atoms with van der Waals surface area (Å²) in [7, 11) is 0. The van der Waals surface area contributed by atoms with E-state index < -0.39 is 24.1 Å². The van der Waals surface area contributed by atoms with Crippen molar-refractivity contribution in [3.8, 4) is 0 Å². The van der Waals surface area contributed by atoms with Crippen LogP contribution in [0.1, 0.15) is 29.2 Å². The molecule has 160 valence electrons. The average molecular weight is 452 g/mol. The van der Waals surface area contributed by atoms with E-state index in [4.69, 9.17) is 0 Å². The highest BCUT2D eigenvalue weighted by atomic mass is 32.2. The molecule has 0 bridgehead atoms. The fourth-order valence-corrected chi connectivity index (χ4v) is 5.91. The maximum atomic E-state index is 12.5. The number of carbonyl (C=O) groups excluding carboxylic acids is 2. The molecule has 4 rings (SSSR count). The Morgan fingerprint density at radius 2 is 2.10 bits per heavy atom. The van der Waals surface area contributed by atoms with Gasteiger partial charge in [0.1, 0.15) is 11.4 Å². The third kappa shape index (κ3) is 3.25. The summed E-state index contributed by atoms with van der Waals surface area (Å²) in [5, 5.41) is 30.6. The molecule has 0 unspecified atom stereocenters. The van der Waals surface area contributed by atoms with Gasteiger partial charge in [-0.2, -0.15) is 0 Å². The van der Waals surface area contributed by atoms with Gasteiger partial charge in [0.15, 0.2) is 0 Å². The standard InChI is InChI=1S/C19H21N3O6S2/c1-8-14-12(9(2)23)17(25)22(14)15(19(27)28)16(8)29-4-3-11-13(20-7-30-11)18(26)21-5-10(24)6-21/h3-4,7-10,12,14,23-24H,5-6H2,1-2H3,(H,27,28)/b4-3-/t8-,9-,12-,14-/m1/s1. The zero-order valence-corrected chi connectivity index (χ0v) is 17.9. The number of β-amino-alcohol motifs (C(OH)–C–C–N with tert-alkyl or cyclic N) is 1. The molecule has 3 N–H and O–H groups in total. The molecule has 2 saturated heterocycles. The van der Waals surface area contributed by atoms with Crippen LogP contribution in [-0.2, 0) is 9.59 Å². The number of aromatic nitrogens is 1. The van der Waals surface area contributed by atoms with Gasteiger partial charge < -0.3 is 25.1 Å². The highest BCUT2D eigenvalue weighted by Crippen LogP contribution is 2.50. The molecule has 9 nitrogen and oxygen atoms in total. The molecular formula is C19H21N3O6S2. The van der Waals surface area contributed by atoms with Crippen molar-refractivity contribution in [2.24, 2.45) is 11.8 Å². The van der Waals surface area contributed by atoms with Crippen molar-refractivity contribution < 1.29 is 29.7 Å². The molecule has 0 saturated carbocycles. The number of likely N-dealkylation sites (tertiary alicyclic amines) is 1. The number of thiazole rings is 1. The molecule has 1 aromatic heterocycles. The van der Waals surface area contributed by atoms with Crippen molar-refractivity contribution in [1.82, 2.24) is 14.8 Å². The second-order valence-corrected chi connectivity index (χ2v) is 9.46. The molecule has 4 heterocycles. The predicted molar refractivity (Wildman–Crippen MR) is 110 cm³/mol. The Morgan fingerprint density at radius 3 is 2.70 bits per heavy atom. The van der Waals surface area contributed by atoms with Gasteiger partial charge >= 0.3 is 5.97 Å². The first-order valence-corrected chi connectivity index (χ1v) is 11.2. The lowest BCUT2D eigenvalue weighted by atomic mass is 9.79. The molecule has 2 fully saturated rings. The second kappa shape index (κ2) is 7.80. The van der Waals surface area contributed by atoms with Crippen molar-refractivity contribution in [3.05, 3.63) is 32.1 Å². The predicted octanol–water partition coefficient (Wildman–Crippen LogP) is 0.817. The van der Waals surface area contributed by atoms with Crippen molar-refractivity contribution in [1.29, 1.82) is 0 Å². The number of β-lactam (4-membered cyclic amide) rings is 1. The largest absolute Gasteiger partial charge is 0.477 e. The average Bonchev–Trinajstić information content (AvgIpc) is 3.20. The Kier molecular flexibility index (Phi) is 5.47. The van der Waals surface area contributed by atoms with E-state index in [9.17, 15) is 29.7 Å². The number of rotatable bonds is 6. The van der Waals surface area contributed by atoms with Crippen LogP contribution in [0.3, 0.4) is 0 Å². The molecule has 4 atom stereocenters. The Morgan fingerprint density at radius 1 is 1.40 bits per heavy atom. The zero-order chi connectivity index (χ0) is 21.7. The highest BCUT2D eigenvalue weighted by molar-refractivity contribution is 8.06. The maximum Gasteiger partial charge on any atom is 0.353 e. The number of carbonyl (C=O) groups is 3. The highest BCUT2D eigenvalue weighted by Gasteiger charge is 2.59. The van der Waals surface area contributed by atoms with E-state index in [-0.39, 0.29) is 42.6 Å². The third-order valence-electron chi connectivity index (χ3n) is 5.67. The summed E-state index contributed by atoms with van der Waals surface area (Å²) >= 11 is 2.48. The molecule has 1 aromatic rings. The van der Waals surface area contributed by atoms with E-state index in [1.54, 1.807) is 17.0 Å². The van der Waals surface area contributed by atoms with E-state index >= 15 is 0 Å². The molecule has 0 aromatic carbocycles. The van der Waals surface area contributed by atoms with E-state index in [0.717, 1.165) is 0 Å². The Balaban J connectivity index is 1.52. The van der Waals surface area contributed by atoms with Crippen LogP contribution in [0.15, 0.2) is 21.5 Å².